The van der Waals surface area contributed by atoms with Crippen molar-refractivity contribution < 1.29 is 19.4 Å². The first kappa shape index (κ1) is 14.8. The minimum atomic E-state index is -0.962. The Kier molecular flexibility index (Phi) is 4.08. The summed E-state index contributed by atoms with van der Waals surface area (Å²) in [6.07, 6.45) is 0. The van der Waals surface area contributed by atoms with Gasteiger partial charge in [-0.3, -0.25) is 0 Å². The molecule has 0 aliphatic carbocycles. The zero-order valence-electron chi connectivity index (χ0n) is 12.1. The molecule has 0 aliphatic heterocycles. The van der Waals surface area contributed by atoms with Gasteiger partial charge in [-0.15, -0.1) is 0 Å². The predicted molar refractivity (Wildman–Crippen MR) is 79.7 cm³/mol. The van der Waals surface area contributed by atoms with Gasteiger partial charge in [0, 0.05) is 0 Å². The van der Waals surface area contributed by atoms with E-state index in [4.69, 9.17) is 4.74 Å². The van der Waals surface area contributed by atoms with Crippen molar-refractivity contribution in [3.8, 4) is 11.1 Å². The largest absolute Gasteiger partial charge is 0.478 e. The third-order valence-corrected chi connectivity index (χ3v) is 3.59. The molecule has 0 saturated heterocycles. The Morgan fingerprint density at radius 2 is 1.38 bits per heavy atom. The lowest BCUT2D eigenvalue weighted by Crippen LogP contribution is -2.05. The van der Waals surface area contributed by atoms with E-state index in [1.54, 1.807) is 31.2 Å². The first-order chi connectivity index (χ1) is 9.97. The monoisotopic (exact) mass is 284 g/mol. The number of aromatic carboxylic acids is 1. The van der Waals surface area contributed by atoms with Gasteiger partial charge >= 0.3 is 11.9 Å². The number of hydrogen-bond acceptors (Lipinski definition) is 3. The van der Waals surface area contributed by atoms with E-state index in [0.29, 0.717) is 11.1 Å². The first-order valence-corrected chi connectivity index (χ1v) is 6.48. The lowest BCUT2D eigenvalue weighted by Gasteiger charge is -2.13. The van der Waals surface area contributed by atoms with Gasteiger partial charge in [-0.1, -0.05) is 24.3 Å². The Morgan fingerprint density at radius 3 is 1.86 bits per heavy atom. The standard InChI is InChI=1S/C17H16O4/c1-10-12(6-4-8-14(10)16(18)19)13-7-5-9-15(11(13)2)17(20)21-3/h4-9H,1-3H3,(H,18,19). The number of carbonyl (C=O) groups excluding carboxylic acids is 1. The third-order valence-electron chi connectivity index (χ3n) is 3.59. The summed E-state index contributed by atoms with van der Waals surface area (Å²) in [6.45, 7) is 3.59. The fourth-order valence-corrected chi connectivity index (χ4v) is 2.42. The number of ether oxygens (including phenoxy) is 1. The molecule has 2 aromatic carbocycles. The van der Waals surface area contributed by atoms with E-state index in [1.165, 1.54) is 7.11 Å². The van der Waals surface area contributed by atoms with Gasteiger partial charge in [-0.25, -0.2) is 9.59 Å². The number of carbonyl (C=O) groups is 2. The van der Waals surface area contributed by atoms with Crippen LogP contribution in [0.15, 0.2) is 36.4 Å². The number of rotatable bonds is 3. The third kappa shape index (κ3) is 2.65. The molecule has 0 bridgehead atoms. The smallest absolute Gasteiger partial charge is 0.338 e. The quantitative estimate of drug-likeness (QED) is 0.877. The van der Waals surface area contributed by atoms with Crippen molar-refractivity contribution in [1.29, 1.82) is 0 Å². The molecule has 0 aliphatic rings. The van der Waals surface area contributed by atoms with E-state index in [9.17, 15) is 14.7 Å². The number of carboxylic acid groups (broad SMARTS) is 1. The van der Waals surface area contributed by atoms with Crippen molar-refractivity contribution >= 4 is 11.9 Å². The number of esters is 1. The van der Waals surface area contributed by atoms with Crippen molar-refractivity contribution in [3.05, 3.63) is 58.7 Å². The zero-order chi connectivity index (χ0) is 15.6. The molecule has 0 heterocycles. The number of hydrogen-bond donors (Lipinski definition) is 1. The average Bonchev–Trinajstić information content (AvgIpc) is 2.47. The van der Waals surface area contributed by atoms with Gasteiger partial charge in [0.2, 0.25) is 0 Å². The summed E-state index contributed by atoms with van der Waals surface area (Å²) in [5, 5.41) is 9.21. The second-order valence-electron chi connectivity index (χ2n) is 4.75. The van der Waals surface area contributed by atoms with Crippen molar-refractivity contribution in [2.45, 2.75) is 13.8 Å². The van der Waals surface area contributed by atoms with Crippen LogP contribution in [-0.2, 0) is 4.74 Å². The fourth-order valence-electron chi connectivity index (χ4n) is 2.42. The van der Waals surface area contributed by atoms with Crippen LogP contribution in [-0.4, -0.2) is 24.2 Å². The Labute approximate surface area is 123 Å². The molecule has 0 unspecified atom stereocenters. The molecular weight excluding hydrogens is 268 g/mol. The van der Waals surface area contributed by atoms with Crippen molar-refractivity contribution in [2.75, 3.05) is 7.11 Å². The van der Waals surface area contributed by atoms with E-state index < -0.39 is 11.9 Å². The molecule has 0 radical (unpaired) electrons. The predicted octanol–water partition coefficient (Wildman–Crippen LogP) is 3.46. The van der Waals surface area contributed by atoms with Gasteiger partial charge in [0.05, 0.1) is 18.2 Å². The Bertz CT molecular complexity index is 717. The lowest BCUT2D eigenvalue weighted by atomic mass is 9.91. The summed E-state index contributed by atoms with van der Waals surface area (Å²) < 4.78 is 4.77. The highest BCUT2D eigenvalue weighted by Crippen LogP contribution is 2.30. The topological polar surface area (TPSA) is 63.6 Å². The molecule has 4 nitrogen and oxygen atoms in total. The second kappa shape index (κ2) is 5.79. The zero-order valence-corrected chi connectivity index (χ0v) is 12.1. The highest BCUT2D eigenvalue weighted by atomic mass is 16.5. The fraction of sp³-hybridized carbons (Fsp3) is 0.176. The van der Waals surface area contributed by atoms with Gasteiger partial charge in [0.25, 0.3) is 0 Å². The van der Waals surface area contributed by atoms with Crippen LogP contribution in [0.5, 0.6) is 0 Å². The van der Waals surface area contributed by atoms with Crippen LogP contribution in [0.1, 0.15) is 31.8 Å². The van der Waals surface area contributed by atoms with E-state index in [1.807, 2.05) is 19.1 Å². The maximum Gasteiger partial charge on any atom is 0.338 e. The van der Waals surface area contributed by atoms with Crippen LogP contribution in [0.25, 0.3) is 11.1 Å². The van der Waals surface area contributed by atoms with E-state index in [0.717, 1.165) is 16.7 Å². The van der Waals surface area contributed by atoms with Crippen LogP contribution in [0.2, 0.25) is 0 Å². The summed E-state index contributed by atoms with van der Waals surface area (Å²) >= 11 is 0. The SMILES string of the molecule is COC(=O)c1cccc(-c2cccc(C(=O)O)c2C)c1C. The molecule has 0 spiro atoms. The highest BCUT2D eigenvalue weighted by molar-refractivity contribution is 5.95. The molecule has 1 N–H and O–H groups in total. The summed E-state index contributed by atoms with van der Waals surface area (Å²) in [5.74, 6) is -1.36. The highest BCUT2D eigenvalue weighted by Gasteiger charge is 2.16. The average molecular weight is 284 g/mol. The van der Waals surface area contributed by atoms with Gasteiger partial charge < -0.3 is 9.84 Å². The number of benzene rings is 2. The molecule has 0 amide bonds. The molecule has 0 aromatic heterocycles. The second-order valence-corrected chi connectivity index (χ2v) is 4.75. The lowest BCUT2D eigenvalue weighted by molar-refractivity contribution is 0.0599. The molecule has 2 rings (SSSR count). The van der Waals surface area contributed by atoms with Gasteiger partial charge in [-0.05, 0) is 48.2 Å². The molecule has 0 saturated carbocycles. The molecule has 0 fully saturated rings. The van der Waals surface area contributed by atoms with Crippen molar-refractivity contribution in [1.82, 2.24) is 0 Å². The van der Waals surface area contributed by atoms with E-state index in [2.05, 4.69) is 0 Å². The Balaban J connectivity index is 2.66. The summed E-state index contributed by atoms with van der Waals surface area (Å²) in [4.78, 5) is 23.0. The minimum absolute atomic E-state index is 0.260. The Morgan fingerprint density at radius 1 is 0.905 bits per heavy atom. The summed E-state index contributed by atoms with van der Waals surface area (Å²) in [7, 11) is 1.34. The minimum Gasteiger partial charge on any atom is -0.478 e. The normalized spacial score (nSPS) is 10.2. The first-order valence-electron chi connectivity index (χ1n) is 6.48. The number of carboxylic acids is 1. The van der Waals surface area contributed by atoms with E-state index in [-0.39, 0.29) is 5.56 Å². The van der Waals surface area contributed by atoms with Crippen LogP contribution in [0.3, 0.4) is 0 Å². The maximum atomic E-state index is 11.8. The number of methoxy groups -OCH3 is 1. The van der Waals surface area contributed by atoms with Crippen LogP contribution >= 0.6 is 0 Å². The summed E-state index contributed by atoms with van der Waals surface area (Å²) in [5.41, 5.74) is 3.83. The van der Waals surface area contributed by atoms with E-state index >= 15 is 0 Å². The molecule has 4 heteroatoms. The van der Waals surface area contributed by atoms with Gasteiger partial charge in [0.1, 0.15) is 0 Å². The van der Waals surface area contributed by atoms with Crippen molar-refractivity contribution in [3.63, 3.8) is 0 Å². The molecule has 0 atom stereocenters. The van der Waals surface area contributed by atoms with Crippen molar-refractivity contribution in [2.24, 2.45) is 0 Å². The molecule has 21 heavy (non-hydrogen) atoms. The van der Waals surface area contributed by atoms with Gasteiger partial charge in [-0.2, -0.15) is 0 Å². The maximum absolute atomic E-state index is 11.8. The Hall–Kier alpha value is -2.62. The van der Waals surface area contributed by atoms with Crippen LogP contribution in [0, 0.1) is 13.8 Å². The van der Waals surface area contributed by atoms with Crippen LogP contribution in [0.4, 0.5) is 0 Å². The summed E-state index contributed by atoms with van der Waals surface area (Å²) in [6, 6.07) is 10.5. The molecular formula is C17H16O4. The van der Waals surface area contributed by atoms with Gasteiger partial charge in [0.15, 0.2) is 0 Å². The molecule has 2 aromatic rings. The molecule has 108 valence electrons. The van der Waals surface area contributed by atoms with Crippen LogP contribution < -0.4 is 0 Å².